The predicted octanol–water partition coefficient (Wildman–Crippen LogP) is 3.14. The van der Waals surface area contributed by atoms with Gasteiger partial charge >= 0.3 is 6.03 Å². The van der Waals surface area contributed by atoms with E-state index >= 15 is 0 Å². The number of carbonyl (C=O) groups is 6. The van der Waals surface area contributed by atoms with E-state index in [9.17, 15) is 28.8 Å². The van der Waals surface area contributed by atoms with Crippen LogP contribution >= 0.6 is 0 Å². The molecule has 0 saturated carbocycles. The Balaban J connectivity index is 1.43. The van der Waals surface area contributed by atoms with Crippen LogP contribution in [0.3, 0.4) is 0 Å². The zero-order valence-electron chi connectivity index (χ0n) is 32.4. The fourth-order valence-corrected chi connectivity index (χ4v) is 6.64. The molecule has 7 amide bonds. The largest absolute Gasteiger partial charge is 0.368 e. The first kappa shape index (κ1) is 41.5. The zero-order chi connectivity index (χ0) is 41.1. The fraction of sp³-hybridized carbons (Fsp3) is 0.333. The van der Waals surface area contributed by atoms with E-state index < -0.39 is 47.7 Å². The lowest BCUT2D eigenvalue weighted by Gasteiger charge is -2.23. The number of urea groups is 1. The lowest BCUT2D eigenvalue weighted by molar-refractivity contribution is -0.128. The van der Waals surface area contributed by atoms with Gasteiger partial charge in [-0.3, -0.25) is 24.0 Å². The standard InChI is InChI=1S/C42H49N9O6/c1-4-5-6-8-26-11-13-29(14-12-26)39-47-22-32(25(3)48-39)40(55)50-33(15-16-45-42(44)57)41(56)51-37-24(2)17-28-19-31(37)30-10-7-9-27(18-30)21-35(52)46-23-36(53)49-34(20-28)38(43)54/h7,9-14,17-19,22,33-34H,4-6,8,15-16,20-21,23H2,1-3H3,(H2,43,54)(H,46,52)(H,49,53)(H,50,55)(H,51,56)(H3,44,45,57)/t33-,34?/m0/s1. The highest BCUT2D eigenvalue weighted by Crippen LogP contribution is 2.34. The highest BCUT2D eigenvalue weighted by Gasteiger charge is 2.26. The van der Waals surface area contributed by atoms with E-state index in [4.69, 9.17) is 11.5 Å². The van der Waals surface area contributed by atoms with E-state index in [1.807, 2.05) is 18.2 Å². The number of anilines is 1. The number of nitrogens with one attached hydrogen (secondary N) is 5. The number of hydrogen-bond donors (Lipinski definition) is 7. The molecule has 4 bridgehead atoms. The third-order valence-corrected chi connectivity index (χ3v) is 9.67. The highest BCUT2D eigenvalue weighted by molar-refractivity contribution is 6.04. The maximum absolute atomic E-state index is 14.2. The average Bonchev–Trinajstić information content (AvgIpc) is 3.17. The van der Waals surface area contributed by atoms with Gasteiger partial charge in [0.25, 0.3) is 5.91 Å². The summed E-state index contributed by atoms with van der Waals surface area (Å²) in [6, 6.07) is 15.7. The molecule has 0 fully saturated rings. The van der Waals surface area contributed by atoms with E-state index in [1.54, 1.807) is 44.2 Å². The minimum absolute atomic E-state index is 0.0137. The van der Waals surface area contributed by atoms with Crippen LogP contribution in [0.1, 0.15) is 70.9 Å². The summed E-state index contributed by atoms with van der Waals surface area (Å²) in [6.07, 6.45) is 5.86. The van der Waals surface area contributed by atoms with Crippen molar-refractivity contribution in [1.29, 1.82) is 0 Å². The van der Waals surface area contributed by atoms with Crippen molar-refractivity contribution >= 4 is 41.3 Å². The number of amides is 7. The summed E-state index contributed by atoms with van der Waals surface area (Å²) >= 11 is 0. The van der Waals surface area contributed by atoms with Crippen molar-refractivity contribution in [2.45, 2.75) is 77.8 Å². The van der Waals surface area contributed by atoms with Gasteiger partial charge in [0.05, 0.1) is 29.9 Å². The first-order chi connectivity index (χ1) is 27.3. The number of hydrogen-bond acceptors (Lipinski definition) is 8. The smallest absolute Gasteiger partial charge is 0.312 e. The first-order valence-electron chi connectivity index (χ1n) is 19.0. The van der Waals surface area contributed by atoms with Gasteiger partial charge in [0, 0.05) is 30.3 Å². The number of fused-ring (bicyclic) bond motifs is 5. The van der Waals surface area contributed by atoms with Crippen LogP contribution in [0.2, 0.25) is 0 Å². The Morgan fingerprint density at radius 1 is 0.930 bits per heavy atom. The number of nitrogens with two attached hydrogens (primary N) is 2. The fourth-order valence-electron chi connectivity index (χ4n) is 6.64. The number of rotatable bonds is 13. The quantitative estimate of drug-likeness (QED) is 0.0994. The van der Waals surface area contributed by atoms with Crippen LogP contribution in [0.5, 0.6) is 0 Å². The summed E-state index contributed by atoms with van der Waals surface area (Å²) in [5.74, 6) is -2.46. The Morgan fingerprint density at radius 3 is 2.40 bits per heavy atom. The Morgan fingerprint density at radius 2 is 1.70 bits per heavy atom. The zero-order valence-corrected chi connectivity index (χ0v) is 32.4. The molecule has 0 radical (unpaired) electrons. The van der Waals surface area contributed by atoms with Gasteiger partial charge in [0.1, 0.15) is 12.1 Å². The topological polar surface area (TPSA) is 240 Å². The summed E-state index contributed by atoms with van der Waals surface area (Å²) in [7, 11) is 0. The molecule has 0 aliphatic carbocycles. The summed E-state index contributed by atoms with van der Waals surface area (Å²) in [4.78, 5) is 86.1. The molecule has 2 heterocycles. The number of unbranched alkanes of at least 4 members (excludes halogenated alkanes) is 2. The number of nitrogens with zero attached hydrogens (tertiary/aromatic N) is 2. The van der Waals surface area contributed by atoms with E-state index in [1.165, 1.54) is 18.2 Å². The van der Waals surface area contributed by atoms with Crippen LogP contribution in [0.4, 0.5) is 10.5 Å². The van der Waals surface area contributed by atoms with Gasteiger partial charge in [0.2, 0.25) is 23.6 Å². The number of carbonyl (C=O) groups excluding carboxylic acids is 6. The SMILES string of the molecule is CCCCCc1ccc(-c2ncc(C(=O)N[C@@H](CCNC(N)=O)C(=O)Nc3c(C)cc4cc3-c3cccc(c3)CC(=O)NCC(=O)NC(C(N)=O)C4)c(C)n2)cc1. The van der Waals surface area contributed by atoms with Gasteiger partial charge in [-0.25, -0.2) is 14.8 Å². The summed E-state index contributed by atoms with van der Waals surface area (Å²) in [5, 5.41) is 13.4. The third-order valence-electron chi connectivity index (χ3n) is 9.67. The molecule has 15 nitrogen and oxygen atoms in total. The van der Waals surface area contributed by atoms with Crippen molar-refractivity contribution in [3.8, 4) is 22.5 Å². The number of aryl methyl sites for hydroxylation is 3. The second-order valence-corrected chi connectivity index (χ2v) is 14.2. The van der Waals surface area contributed by atoms with Gasteiger partial charge in [0.15, 0.2) is 5.82 Å². The normalized spacial score (nSPS) is 14.6. The Labute approximate surface area is 331 Å². The van der Waals surface area contributed by atoms with Crippen LogP contribution in [0.25, 0.3) is 22.5 Å². The number of benzene rings is 3. The van der Waals surface area contributed by atoms with Crippen molar-refractivity contribution in [3.63, 3.8) is 0 Å². The highest BCUT2D eigenvalue weighted by atomic mass is 16.2. The summed E-state index contributed by atoms with van der Waals surface area (Å²) in [5.41, 5.74) is 17.1. The van der Waals surface area contributed by atoms with Gasteiger partial charge < -0.3 is 38.1 Å². The second-order valence-electron chi connectivity index (χ2n) is 14.2. The molecule has 1 aliphatic rings. The summed E-state index contributed by atoms with van der Waals surface area (Å²) in [6.45, 7) is 5.28. The minimum atomic E-state index is -1.15. The van der Waals surface area contributed by atoms with Gasteiger partial charge in [-0.05, 0) is 67.0 Å². The summed E-state index contributed by atoms with van der Waals surface area (Å²) < 4.78 is 0. The minimum Gasteiger partial charge on any atom is -0.368 e. The monoisotopic (exact) mass is 775 g/mol. The average molecular weight is 776 g/mol. The van der Waals surface area contributed by atoms with E-state index in [2.05, 4.69) is 55.6 Å². The lowest BCUT2D eigenvalue weighted by atomic mass is 9.93. The van der Waals surface area contributed by atoms with E-state index in [-0.39, 0.29) is 37.9 Å². The molecule has 1 aliphatic heterocycles. The molecule has 3 aromatic carbocycles. The Bertz CT molecular complexity index is 2150. The third kappa shape index (κ3) is 11.4. The van der Waals surface area contributed by atoms with Crippen molar-refractivity contribution in [3.05, 3.63) is 100 Å². The molecule has 1 unspecified atom stereocenters. The van der Waals surface area contributed by atoms with E-state index in [0.717, 1.165) is 24.8 Å². The second kappa shape index (κ2) is 19.3. The molecule has 2 atom stereocenters. The molecule has 57 heavy (non-hydrogen) atoms. The van der Waals surface area contributed by atoms with Crippen molar-refractivity contribution in [2.75, 3.05) is 18.4 Å². The molecule has 1 aromatic heterocycles. The Hall–Kier alpha value is -6.64. The maximum atomic E-state index is 14.2. The Kier molecular flexibility index (Phi) is 14.1. The van der Waals surface area contributed by atoms with Crippen LogP contribution in [0, 0.1) is 13.8 Å². The maximum Gasteiger partial charge on any atom is 0.312 e. The van der Waals surface area contributed by atoms with Crippen LogP contribution in [0.15, 0.2) is 66.9 Å². The van der Waals surface area contributed by atoms with Gasteiger partial charge in [-0.1, -0.05) is 74.4 Å². The lowest BCUT2D eigenvalue weighted by Crippen LogP contribution is -2.49. The van der Waals surface area contributed by atoms with Crippen LogP contribution in [-0.4, -0.2) is 70.7 Å². The first-order valence-corrected chi connectivity index (χ1v) is 19.0. The molecule has 0 saturated heterocycles. The molecular formula is C42H49N9O6. The molecule has 298 valence electrons. The van der Waals surface area contributed by atoms with Crippen molar-refractivity contribution in [2.24, 2.45) is 11.5 Å². The van der Waals surface area contributed by atoms with Gasteiger partial charge in [-0.15, -0.1) is 0 Å². The van der Waals surface area contributed by atoms with Crippen LogP contribution in [-0.2, 0) is 38.4 Å². The van der Waals surface area contributed by atoms with E-state index in [0.29, 0.717) is 45.0 Å². The molecule has 4 aromatic rings. The van der Waals surface area contributed by atoms with Crippen molar-refractivity contribution < 1.29 is 28.8 Å². The molecule has 9 N–H and O–H groups in total. The number of primary amides is 2. The van der Waals surface area contributed by atoms with Crippen molar-refractivity contribution in [1.82, 2.24) is 31.2 Å². The molecule has 5 rings (SSSR count). The molecule has 0 spiro atoms. The number of aromatic nitrogens is 2. The van der Waals surface area contributed by atoms with Crippen LogP contribution < -0.4 is 38.1 Å². The molecule has 15 heteroatoms. The molecular weight excluding hydrogens is 727 g/mol. The predicted molar refractivity (Wildman–Crippen MR) is 216 cm³/mol. The van der Waals surface area contributed by atoms with Gasteiger partial charge in [-0.2, -0.15) is 0 Å².